The maximum atomic E-state index is 13.0. The van der Waals surface area contributed by atoms with Crippen molar-refractivity contribution >= 4 is 10.0 Å². The van der Waals surface area contributed by atoms with Gasteiger partial charge in [0.05, 0.1) is 4.90 Å². The van der Waals surface area contributed by atoms with Gasteiger partial charge in [-0.05, 0) is 23.1 Å². The number of hydrogen-bond acceptors (Lipinski definition) is 4. The lowest BCUT2D eigenvalue weighted by Gasteiger charge is -2.34. The van der Waals surface area contributed by atoms with E-state index in [2.05, 4.69) is 49.1 Å². The zero-order valence-corrected chi connectivity index (χ0v) is 19.1. The van der Waals surface area contributed by atoms with E-state index in [0.717, 1.165) is 37.6 Å². The Hall–Kier alpha value is -1.70. The zero-order chi connectivity index (χ0) is 21.2. The molecule has 3 rings (SSSR count). The zero-order valence-electron chi connectivity index (χ0n) is 18.3. The molecule has 1 fully saturated rings. The minimum Gasteiger partial charge on any atom is -0.333 e. The van der Waals surface area contributed by atoms with Crippen molar-refractivity contribution in [3.63, 3.8) is 0 Å². The van der Waals surface area contributed by atoms with E-state index >= 15 is 0 Å². The molecule has 1 aromatic heterocycles. The fourth-order valence-electron chi connectivity index (χ4n) is 3.73. The van der Waals surface area contributed by atoms with Crippen LogP contribution in [0.25, 0.3) is 0 Å². The average Bonchev–Trinajstić information content (AvgIpc) is 3.15. The van der Waals surface area contributed by atoms with Crippen molar-refractivity contribution in [3.8, 4) is 0 Å². The molecule has 2 heterocycles. The van der Waals surface area contributed by atoms with Gasteiger partial charge in [0.2, 0.25) is 10.0 Å². The Morgan fingerprint density at radius 2 is 1.62 bits per heavy atom. The predicted octanol–water partition coefficient (Wildman–Crippen LogP) is 3.31. The lowest BCUT2D eigenvalue weighted by Crippen LogP contribution is -2.49. The predicted molar refractivity (Wildman–Crippen MR) is 117 cm³/mol. The van der Waals surface area contributed by atoms with E-state index in [0.29, 0.717) is 23.9 Å². The van der Waals surface area contributed by atoms with E-state index in [1.54, 1.807) is 16.4 Å². The Morgan fingerprint density at radius 1 is 1.00 bits per heavy atom. The van der Waals surface area contributed by atoms with Crippen LogP contribution in [0.15, 0.2) is 41.6 Å². The molecule has 0 spiro atoms. The second-order valence-corrected chi connectivity index (χ2v) is 11.1. The highest BCUT2D eigenvalue weighted by Gasteiger charge is 2.28. The van der Waals surface area contributed by atoms with E-state index < -0.39 is 10.0 Å². The van der Waals surface area contributed by atoms with Crippen molar-refractivity contribution in [2.24, 2.45) is 0 Å². The molecule has 29 heavy (non-hydrogen) atoms. The molecular weight excluding hydrogens is 384 g/mol. The van der Waals surface area contributed by atoms with Gasteiger partial charge in [0.1, 0.15) is 5.82 Å². The summed E-state index contributed by atoms with van der Waals surface area (Å²) in [5, 5.41) is 0. The van der Waals surface area contributed by atoms with E-state index in [-0.39, 0.29) is 5.41 Å². The van der Waals surface area contributed by atoms with Crippen LogP contribution < -0.4 is 0 Å². The average molecular weight is 419 g/mol. The summed E-state index contributed by atoms with van der Waals surface area (Å²) in [5.41, 5.74) is 1.15. The smallest absolute Gasteiger partial charge is 0.243 e. The van der Waals surface area contributed by atoms with Crippen molar-refractivity contribution in [1.29, 1.82) is 0 Å². The third kappa shape index (κ3) is 5.08. The lowest BCUT2D eigenvalue weighted by molar-refractivity contribution is 0.182. The monoisotopic (exact) mass is 418 g/mol. The van der Waals surface area contributed by atoms with Gasteiger partial charge in [-0.15, -0.1) is 0 Å². The number of imidazole rings is 1. The summed E-state index contributed by atoms with van der Waals surface area (Å²) in [4.78, 5) is 7.16. The number of piperazine rings is 1. The Balaban J connectivity index is 1.57. The largest absolute Gasteiger partial charge is 0.333 e. The van der Waals surface area contributed by atoms with E-state index in [1.807, 2.05) is 24.5 Å². The van der Waals surface area contributed by atoms with Gasteiger partial charge in [0.15, 0.2) is 0 Å². The van der Waals surface area contributed by atoms with Gasteiger partial charge in [-0.25, -0.2) is 13.4 Å². The molecule has 160 valence electrons. The van der Waals surface area contributed by atoms with Crippen molar-refractivity contribution in [1.82, 2.24) is 18.8 Å². The number of aromatic nitrogens is 2. The van der Waals surface area contributed by atoms with Crippen LogP contribution in [0.2, 0.25) is 0 Å². The molecule has 0 bridgehead atoms. The fraction of sp³-hybridized carbons (Fsp3) is 0.591. The van der Waals surface area contributed by atoms with E-state index in [1.165, 1.54) is 0 Å². The molecule has 0 aliphatic carbocycles. The van der Waals surface area contributed by atoms with Crippen LogP contribution in [0.5, 0.6) is 0 Å². The van der Waals surface area contributed by atoms with Crippen LogP contribution in [0.1, 0.15) is 51.9 Å². The van der Waals surface area contributed by atoms with Gasteiger partial charge < -0.3 is 4.57 Å². The quantitative estimate of drug-likeness (QED) is 0.722. The molecule has 6 nitrogen and oxygen atoms in total. The number of sulfonamides is 1. The molecule has 0 radical (unpaired) electrons. The van der Waals surface area contributed by atoms with Gasteiger partial charge in [0.25, 0.3) is 0 Å². The molecule has 0 amide bonds. The van der Waals surface area contributed by atoms with Crippen LogP contribution in [0.3, 0.4) is 0 Å². The summed E-state index contributed by atoms with van der Waals surface area (Å²) in [6.45, 7) is 15.0. The number of benzene rings is 1. The maximum Gasteiger partial charge on any atom is 0.243 e. The minimum absolute atomic E-state index is 0.0125. The molecule has 1 aliphatic heterocycles. The summed E-state index contributed by atoms with van der Waals surface area (Å²) in [7, 11) is -3.43. The molecular formula is C22H34N4O2S. The highest BCUT2D eigenvalue weighted by atomic mass is 32.2. The topological polar surface area (TPSA) is 58.4 Å². The van der Waals surface area contributed by atoms with Crippen molar-refractivity contribution in [2.45, 2.75) is 57.4 Å². The molecule has 0 saturated carbocycles. The molecule has 1 aromatic carbocycles. The Morgan fingerprint density at radius 3 is 2.17 bits per heavy atom. The second-order valence-electron chi connectivity index (χ2n) is 9.15. The first kappa shape index (κ1) is 22.0. The first-order chi connectivity index (χ1) is 13.6. The van der Waals surface area contributed by atoms with Gasteiger partial charge in [-0.3, -0.25) is 4.90 Å². The van der Waals surface area contributed by atoms with Crippen LogP contribution >= 0.6 is 0 Å². The van der Waals surface area contributed by atoms with Gasteiger partial charge in [0, 0.05) is 57.6 Å². The number of rotatable bonds is 6. The van der Waals surface area contributed by atoms with Crippen LogP contribution in [-0.2, 0) is 22.0 Å². The summed E-state index contributed by atoms with van der Waals surface area (Å²) < 4.78 is 29.8. The fourth-order valence-corrected chi connectivity index (χ4v) is 5.15. The SMILES string of the molecule is CC(C)c1nccn1CCN1CCN(S(=O)(=O)c2ccc(C(C)(C)C)cc2)CC1. The summed E-state index contributed by atoms with van der Waals surface area (Å²) in [6, 6.07) is 7.35. The lowest BCUT2D eigenvalue weighted by atomic mass is 9.87. The minimum atomic E-state index is -3.43. The molecule has 0 unspecified atom stereocenters. The van der Waals surface area contributed by atoms with E-state index in [4.69, 9.17) is 0 Å². The Bertz CT molecular complexity index is 903. The van der Waals surface area contributed by atoms with E-state index in [9.17, 15) is 8.42 Å². The third-order valence-corrected chi connectivity index (χ3v) is 7.52. The van der Waals surface area contributed by atoms with Gasteiger partial charge in [-0.1, -0.05) is 46.8 Å². The van der Waals surface area contributed by atoms with Crippen molar-refractivity contribution in [2.75, 3.05) is 32.7 Å². The highest BCUT2D eigenvalue weighted by Crippen LogP contribution is 2.25. The molecule has 7 heteroatoms. The van der Waals surface area contributed by atoms with Gasteiger partial charge >= 0.3 is 0 Å². The van der Waals surface area contributed by atoms with Crippen LogP contribution in [0.4, 0.5) is 0 Å². The molecule has 1 saturated heterocycles. The number of hydrogen-bond donors (Lipinski definition) is 0. The molecule has 0 atom stereocenters. The van der Waals surface area contributed by atoms with Gasteiger partial charge in [-0.2, -0.15) is 4.31 Å². The first-order valence-electron chi connectivity index (χ1n) is 10.4. The molecule has 0 N–H and O–H groups in total. The maximum absolute atomic E-state index is 13.0. The Labute approximate surface area is 175 Å². The first-order valence-corrected chi connectivity index (χ1v) is 11.9. The van der Waals surface area contributed by atoms with Crippen molar-refractivity contribution in [3.05, 3.63) is 48.0 Å². The standard InChI is InChI=1S/C22H34N4O2S/c1-18(2)21-23-10-11-25(21)15-12-24-13-16-26(17-14-24)29(27,28)20-8-6-19(7-9-20)22(3,4)5/h6-11,18H,12-17H2,1-5H3. The summed E-state index contributed by atoms with van der Waals surface area (Å²) in [6.07, 6.45) is 3.88. The summed E-state index contributed by atoms with van der Waals surface area (Å²) in [5.74, 6) is 1.50. The van der Waals surface area contributed by atoms with Crippen LogP contribution in [-0.4, -0.2) is 59.9 Å². The number of nitrogens with zero attached hydrogens (tertiary/aromatic N) is 4. The van der Waals surface area contributed by atoms with Crippen molar-refractivity contribution < 1.29 is 8.42 Å². The van der Waals surface area contributed by atoms with Crippen LogP contribution in [0, 0.1) is 0 Å². The molecule has 2 aromatic rings. The second kappa shape index (κ2) is 8.58. The normalized spacial score (nSPS) is 17.2. The molecule has 1 aliphatic rings. The summed E-state index contributed by atoms with van der Waals surface area (Å²) >= 11 is 0. The third-order valence-electron chi connectivity index (χ3n) is 5.61. The Kier molecular flexibility index (Phi) is 6.51. The highest BCUT2D eigenvalue weighted by molar-refractivity contribution is 7.89.